The van der Waals surface area contributed by atoms with Gasteiger partial charge in [-0.05, 0) is 29.2 Å². The summed E-state index contributed by atoms with van der Waals surface area (Å²) in [6, 6.07) is 22.5. The van der Waals surface area contributed by atoms with Crippen molar-refractivity contribution in [2.45, 2.75) is 32.9 Å². The van der Waals surface area contributed by atoms with E-state index < -0.39 is 28.5 Å². The number of hydrogen-bond acceptors (Lipinski definition) is 6. The number of benzene rings is 3. The van der Waals surface area contributed by atoms with Crippen LogP contribution in [-0.2, 0) is 32.6 Å². The molecule has 0 bridgehead atoms. The predicted molar refractivity (Wildman–Crippen MR) is 161 cm³/mol. The smallest absolute Gasteiger partial charge is 0.244 e. The minimum atomic E-state index is -3.90. The zero-order valence-corrected chi connectivity index (χ0v) is 25.1. The minimum Gasteiger partial charge on any atom is -0.493 e. The molecule has 3 aromatic rings. The number of ether oxygens (including phenoxy) is 2. The molecule has 0 heterocycles. The van der Waals surface area contributed by atoms with Crippen molar-refractivity contribution in [1.82, 2.24) is 10.2 Å². The Morgan fingerprint density at radius 1 is 0.854 bits per heavy atom. The molecule has 0 unspecified atom stereocenters. The molecule has 0 saturated heterocycles. The molecule has 0 aliphatic heterocycles. The number of rotatable bonds is 14. The van der Waals surface area contributed by atoms with Crippen LogP contribution >= 0.6 is 0 Å². The highest BCUT2D eigenvalue weighted by molar-refractivity contribution is 7.92. The zero-order chi connectivity index (χ0) is 30.0. The molecule has 0 fully saturated rings. The lowest BCUT2D eigenvalue weighted by atomic mass is 10.0. The van der Waals surface area contributed by atoms with Gasteiger partial charge in [-0.2, -0.15) is 0 Å². The van der Waals surface area contributed by atoms with Gasteiger partial charge in [0, 0.05) is 25.6 Å². The van der Waals surface area contributed by atoms with Gasteiger partial charge in [0.15, 0.2) is 11.5 Å². The van der Waals surface area contributed by atoms with E-state index in [9.17, 15) is 18.0 Å². The second-order valence-corrected chi connectivity index (χ2v) is 12.1. The molecular weight excluding hydrogens is 542 g/mol. The monoisotopic (exact) mass is 581 g/mol. The molecule has 0 radical (unpaired) electrons. The number of carbonyl (C=O) groups excluding carboxylic acids is 2. The van der Waals surface area contributed by atoms with Crippen LogP contribution in [0.1, 0.15) is 25.0 Å². The molecule has 2 amide bonds. The maximum atomic E-state index is 14.1. The van der Waals surface area contributed by atoms with Crippen molar-refractivity contribution < 1.29 is 27.5 Å². The summed E-state index contributed by atoms with van der Waals surface area (Å²) in [6.07, 6.45) is 1.30. The van der Waals surface area contributed by atoms with Gasteiger partial charge < -0.3 is 19.7 Å². The molecule has 9 nitrogen and oxygen atoms in total. The van der Waals surface area contributed by atoms with E-state index in [-0.39, 0.29) is 30.5 Å². The second kappa shape index (κ2) is 14.5. The Labute approximate surface area is 243 Å². The molecule has 0 aliphatic carbocycles. The summed E-state index contributed by atoms with van der Waals surface area (Å²) in [6.45, 7) is 4.04. The van der Waals surface area contributed by atoms with Crippen molar-refractivity contribution in [3.63, 3.8) is 0 Å². The first-order chi connectivity index (χ1) is 19.5. The van der Waals surface area contributed by atoms with E-state index in [2.05, 4.69) is 5.32 Å². The van der Waals surface area contributed by atoms with Crippen molar-refractivity contribution in [3.05, 3.63) is 90.0 Å². The Bertz CT molecular complexity index is 1400. The van der Waals surface area contributed by atoms with Crippen molar-refractivity contribution in [1.29, 1.82) is 0 Å². The lowest BCUT2D eigenvalue weighted by molar-refractivity contribution is -0.140. The Kier molecular flexibility index (Phi) is 11.2. The highest BCUT2D eigenvalue weighted by Gasteiger charge is 2.33. The van der Waals surface area contributed by atoms with E-state index in [0.29, 0.717) is 18.0 Å². The molecule has 3 aromatic carbocycles. The van der Waals surface area contributed by atoms with Crippen molar-refractivity contribution in [2.75, 3.05) is 37.9 Å². The van der Waals surface area contributed by atoms with Gasteiger partial charge in [0.1, 0.15) is 12.6 Å². The number of amides is 2. The summed E-state index contributed by atoms with van der Waals surface area (Å²) in [7, 11) is -0.974. The first kappa shape index (κ1) is 31.5. The highest BCUT2D eigenvalue weighted by Crippen LogP contribution is 2.32. The molecule has 3 rings (SSSR count). The van der Waals surface area contributed by atoms with E-state index in [0.717, 1.165) is 21.7 Å². The third kappa shape index (κ3) is 8.97. The maximum absolute atomic E-state index is 14.1. The first-order valence-electron chi connectivity index (χ1n) is 13.4. The molecule has 10 heteroatoms. The molecule has 1 atom stereocenters. The van der Waals surface area contributed by atoms with Gasteiger partial charge in [-0.25, -0.2) is 8.42 Å². The van der Waals surface area contributed by atoms with Crippen LogP contribution in [0.25, 0.3) is 0 Å². The Morgan fingerprint density at radius 2 is 1.44 bits per heavy atom. The fraction of sp³-hybridized carbons (Fsp3) is 0.355. The van der Waals surface area contributed by atoms with Crippen molar-refractivity contribution >= 4 is 27.5 Å². The average Bonchev–Trinajstić information content (AvgIpc) is 2.96. The SMILES string of the molecule is COc1ccc(N(CC(=O)N(Cc2ccccc2)[C@H](Cc2ccccc2)C(=O)NCC(C)C)S(C)(=O)=O)cc1OC. The average molecular weight is 582 g/mol. The largest absolute Gasteiger partial charge is 0.493 e. The number of sulfonamides is 1. The summed E-state index contributed by atoms with van der Waals surface area (Å²) in [5.41, 5.74) is 1.93. The van der Waals surface area contributed by atoms with Crippen LogP contribution in [0.5, 0.6) is 11.5 Å². The normalized spacial score (nSPS) is 12.0. The van der Waals surface area contributed by atoms with Crippen molar-refractivity contribution in [2.24, 2.45) is 5.92 Å². The zero-order valence-electron chi connectivity index (χ0n) is 24.2. The van der Waals surface area contributed by atoms with E-state index in [1.807, 2.05) is 74.5 Å². The number of hydrogen-bond donors (Lipinski definition) is 1. The van der Waals surface area contributed by atoms with Crippen LogP contribution < -0.4 is 19.1 Å². The minimum absolute atomic E-state index is 0.121. The van der Waals surface area contributed by atoms with Crippen LogP contribution in [0.15, 0.2) is 78.9 Å². The molecule has 0 aromatic heterocycles. The Balaban J connectivity index is 2.05. The second-order valence-electron chi connectivity index (χ2n) is 10.2. The van der Waals surface area contributed by atoms with E-state index in [1.54, 1.807) is 12.1 Å². The van der Waals surface area contributed by atoms with Gasteiger partial charge in [-0.1, -0.05) is 74.5 Å². The molecule has 0 saturated carbocycles. The van der Waals surface area contributed by atoms with E-state index in [4.69, 9.17) is 9.47 Å². The molecule has 0 aliphatic rings. The highest BCUT2D eigenvalue weighted by atomic mass is 32.2. The van der Waals surface area contributed by atoms with E-state index >= 15 is 0 Å². The van der Waals surface area contributed by atoms with Gasteiger partial charge >= 0.3 is 0 Å². The Hall–Kier alpha value is -4.05. The standard InChI is InChI=1S/C31H39N3O6S/c1-23(2)20-32-31(36)27(18-24-12-8-6-9-13-24)33(21-25-14-10-7-11-15-25)30(35)22-34(41(5,37)38)26-16-17-28(39-3)29(19-26)40-4/h6-17,19,23,27H,18,20-22H2,1-5H3,(H,32,36)/t27-/m1/s1. The summed E-state index contributed by atoms with van der Waals surface area (Å²) < 4.78 is 37.6. The summed E-state index contributed by atoms with van der Waals surface area (Å²) in [5, 5.41) is 2.97. The number of nitrogens with zero attached hydrogens (tertiary/aromatic N) is 2. The van der Waals surface area contributed by atoms with Gasteiger partial charge in [-0.3, -0.25) is 13.9 Å². The lowest BCUT2D eigenvalue weighted by Gasteiger charge is -2.33. The van der Waals surface area contributed by atoms with E-state index in [1.165, 1.54) is 25.2 Å². The Morgan fingerprint density at radius 3 is 1.98 bits per heavy atom. The van der Waals surface area contributed by atoms with Crippen LogP contribution in [-0.4, -0.2) is 64.7 Å². The lowest BCUT2D eigenvalue weighted by Crippen LogP contribution is -2.53. The molecule has 0 spiro atoms. The number of methoxy groups -OCH3 is 2. The summed E-state index contributed by atoms with van der Waals surface area (Å²) in [5.74, 6) is 0.132. The number of nitrogens with one attached hydrogen (secondary N) is 1. The molecule has 1 N–H and O–H groups in total. The third-order valence-electron chi connectivity index (χ3n) is 6.49. The fourth-order valence-corrected chi connectivity index (χ4v) is 5.19. The summed E-state index contributed by atoms with van der Waals surface area (Å²) >= 11 is 0. The number of anilines is 1. The van der Waals surface area contributed by atoms with Crippen LogP contribution in [0.2, 0.25) is 0 Å². The van der Waals surface area contributed by atoms with Gasteiger partial charge in [-0.15, -0.1) is 0 Å². The van der Waals surface area contributed by atoms with Crippen molar-refractivity contribution in [3.8, 4) is 11.5 Å². The van der Waals surface area contributed by atoms with Crippen LogP contribution in [0.4, 0.5) is 5.69 Å². The molecule has 220 valence electrons. The van der Waals surface area contributed by atoms with Crippen LogP contribution in [0, 0.1) is 5.92 Å². The third-order valence-corrected chi connectivity index (χ3v) is 7.63. The van der Waals surface area contributed by atoms with Gasteiger partial charge in [0.25, 0.3) is 0 Å². The fourth-order valence-electron chi connectivity index (χ4n) is 4.35. The van der Waals surface area contributed by atoms with Crippen LogP contribution in [0.3, 0.4) is 0 Å². The molecular formula is C31H39N3O6S. The van der Waals surface area contributed by atoms with Gasteiger partial charge in [0.2, 0.25) is 21.8 Å². The number of carbonyl (C=O) groups is 2. The topological polar surface area (TPSA) is 105 Å². The molecule has 41 heavy (non-hydrogen) atoms. The maximum Gasteiger partial charge on any atom is 0.244 e. The first-order valence-corrected chi connectivity index (χ1v) is 15.2. The quantitative estimate of drug-likeness (QED) is 0.310. The van der Waals surface area contributed by atoms with Gasteiger partial charge in [0.05, 0.1) is 26.2 Å². The summed E-state index contributed by atoms with van der Waals surface area (Å²) in [4.78, 5) is 29.2. The predicted octanol–water partition coefficient (Wildman–Crippen LogP) is 3.88.